The first-order chi connectivity index (χ1) is 6.42. The number of thioether (sulfide) groups is 1. The molecule has 14 heavy (non-hydrogen) atoms. The van der Waals surface area contributed by atoms with Gasteiger partial charge in [-0.15, -0.1) is 0 Å². The minimum absolute atomic E-state index is 0.0775. The Morgan fingerprint density at radius 2 is 1.79 bits per heavy atom. The molecule has 0 aliphatic heterocycles. The molecule has 0 radical (unpaired) electrons. The molecule has 5 heteroatoms. The van der Waals surface area contributed by atoms with Crippen molar-refractivity contribution in [1.29, 1.82) is 0 Å². The highest BCUT2D eigenvalue weighted by molar-refractivity contribution is 8.00. The normalized spacial score (nSPS) is 12.4. The highest BCUT2D eigenvalue weighted by Gasteiger charge is 2.27. The molecule has 0 saturated heterocycles. The van der Waals surface area contributed by atoms with Crippen molar-refractivity contribution in [2.24, 2.45) is 0 Å². The summed E-state index contributed by atoms with van der Waals surface area (Å²) in [6, 6.07) is 0.458. The lowest BCUT2D eigenvalue weighted by Crippen LogP contribution is -2.23. The van der Waals surface area contributed by atoms with Gasteiger partial charge in [0.1, 0.15) is 0 Å². The number of nitrogens with one attached hydrogen (secondary N) is 1. The van der Waals surface area contributed by atoms with Crippen LogP contribution in [0.15, 0.2) is 0 Å². The van der Waals surface area contributed by atoms with E-state index in [1.807, 2.05) is 0 Å². The molecule has 0 bridgehead atoms. The summed E-state index contributed by atoms with van der Waals surface area (Å²) >= 11 is 0.0775. The van der Waals surface area contributed by atoms with E-state index in [1.54, 1.807) is 0 Å². The molecule has 0 unspecified atom stereocenters. The lowest BCUT2D eigenvalue weighted by atomic mass is 10.2. The monoisotopic (exact) mass is 229 g/mol. The van der Waals surface area contributed by atoms with Gasteiger partial charge in [-0.3, -0.25) is 0 Å². The Labute approximate surface area is 87.8 Å². The Kier molecular flexibility index (Phi) is 7.45. The number of hydrogen-bond donors (Lipinski definition) is 1. The van der Waals surface area contributed by atoms with Crippen molar-refractivity contribution in [2.45, 2.75) is 44.7 Å². The maximum atomic E-state index is 11.7. The molecule has 0 aromatic heterocycles. The molecule has 0 heterocycles. The summed E-state index contributed by atoms with van der Waals surface area (Å²) in [6.07, 6.45) is 2.46. The number of unbranched alkanes of at least 4 members (excludes halogenated alkanes) is 2. The third kappa shape index (κ3) is 12.1. The Morgan fingerprint density at radius 3 is 2.29 bits per heavy atom. The standard InChI is InChI=1S/C9H18F3NS/c1-8(2)13-6-4-3-5-7-14-9(10,11)12/h8,13H,3-7H2,1-2H3. The van der Waals surface area contributed by atoms with Crippen LogP contribution in [0.4, 0.5) is 13.2 Å². The van der Waals surface area contributed by atoms with E-state index < -0.39 is 5.51 Å². The molecule has 0 aliphatic carbocycles. The van der Waals surface area contributed by atoms with E-state index >= 15 is 0 Å². The van der Waals surface area contributed by atoms with Crippen LogP contribution in [0, 0.1) is 0 Å². The van der Waals surface area contributed by atoms with Gasteiger partial charge in [-0.1, -0.05) is 32.0 Å². The summed E-state index contributed by atoms with van der Waals surface area (Å²) < 4.78 is 35.1. The smallest absolute Gasteiger partial charge is 0.315 e. The molecule has 86 valence electrons. The van der Waals surface area contributed by atoms with Crippen molar-refractivity contribution in [3.63, 3.8) is 0 Å². The van der Waals surface area contributed by atoms with Gasteiger partial charge >= 0.3 is 5.51 Å². The summed E-state index contributed by atoms with van der Waals surface area (Å²) in [5.41, 5.74) is -4.06. The minimum atomic E-state index is -4.06. The van der Waals surface area contributed by atoms with Crippen LogP contribution in [0.3, 0.4) is 0 Å². The second-order valence-electron chi connectivity index (χ2n) is 3.46. The molecular weight excluding hydrogens is 211 g/mol. The SMILES string of the molecule is CC(C)NCCCCCSC(F)(F)F. The molecule has 1 nitrogen and oxygen atoms in total. The van der Waals surface area contributed by atoms with Gasteiger partial charge in [-0.25, -0.2) is 0 Å². The van der Waals surface area contributed by atoms with Gasteiger partial charge in [0.15, 0.2) is 0 Å². The van der Waals surface area contributed by atoms with Crippen molar-refractivity contribution >= 4 is 11.8 Å². The molecule has 0 aromatic rings. The van der Waals surface area contributed by atoms with E-state index in [-0.39, 0.29) is 17.5 Å². The van der Waals surface area contributed by atoms with Gasteiger partial charge in [0, 0.05) is 11.8 Å². The predicted octanol–water partition coefficient (Wildman–Crippen LogP) is 3.41. The van der Waals surface area contributed by atoms with Gasteiger partial charge in [0.2, 0.25) is 0 Å². The van der Waals surface area contributed by atoms with E-state index in [0.717, 1.165) is 19.4 Å². The second kappa shape index (κ2) is 7.40. The topological polar surface area (TPSA) is 12.0 Å². The number of alkyl halides is 3. The summed E-state index contributed by atoms with van der Waals surface area (Å²) in [5, 5.41) is 3.22. The van der Waals surface area contributed by atoms with Crippen LogP contribution >= 0.6 is 11.8 Å². The molecule has 1 N–H and O–H groups in total. The first-order valence-corrected chi connectivity index (χ1v) is 5.84. The van der Waals surface area contributed by atoms with Crippen LogP contribution < -0.4 is 5.32 Å². The summed E-state index contributed by atoms with van der Waals surface area (Å²) in [6.45, 7) is 5.01. The van der Waals surface area contributed by atoms with Crippen LogP contribution in [0.5, 0.6) is 0 Å². The fraction of sp³-hybridized carbons (Fsp3) is 1.00. The Balaban J connectivity index is 3.07. The minimum Gasteiger partial charge on any atom is -0.315 e. The summed E-state index contributed by atoms with van der Waals surface area (Å²) in [5.74, 6) is 0.186. The lowest BCUT2D eigenvalue weighted by molar-refractivity contribution is -0.0328. The largest absolute Gasteiger partial charge is 0.441 e. The molecule has 0 spiro atoms. The lowest BCUT2D eigenvalue weighted by Gasteiger charge is -2.07. The van der Waals surface area contributed by atoms with E-state index in [0.29, 0.717) is 12.5 Å². The molecule has 0 amide bonds. The first-order valence-electron chi connectivity index (χ1n) is 4.86. The van der Waals surface area contributed by atoms with Crippen molar-refractivity contribution in [3.8, 4) is 0 Å². The fourth-order valence-electron chi connectivity index (χ4n) is 0.982. The van der Waals surface area contributed by atoms with Crippen molar-refractivity contribution in [2.75, 3.05) is 12.3 Å². The molecule has 0 atom stereocenters. The van der Waals surface area contributed by atoms with E-state index in [4.69, 9.17) is 0 Å². The molecule has 0 aromatic carbocycles. The second-order valence-corrected chi connectivity index (χ2v) is 4.62. The molecule has 0 fully saturated rings. The van der Waals surface area contributed by atoms with Crippen LogP contribution in [0.25, 0.3) is 0 Å². The highest BCUT2D eigenvalue weighted by Crippen LogP contribution is 2.30. The van der Waals surface area contributed by atoms with Gasteiger partial charge in [-0.05, 0) is 19.4 Å². The van der Waals surface area contributed by atoms with Crippen LogP contribution in [0.1, 0.15) is 33.1 Å². The first kappa shape index (κ1) is 14.1. The van der Waals surface area contributed by atoms with E-state index in [1.165, 1.54) is 0 Å². The quantitative estimate of drug-likeness (QED) is 0.671. The zero-order chi connectivity index (χ0) is 11.0. The van der Waals surface area contributed by atoms with Gasteiger partial charge < -0.3 is 5.32 Å². The zero-order valence-corrected chi connectivity index (χ0v) is 9.47. The average Bonchev–Trinajstić information content (AvgIpc) is 2.00. The Bertz CT molecular complexity index is 137. The van der Waals surface area contributed by atoms with Crippen molar-refractivity contribution in [1.82, 2.24) is 5.32 Å². The van der Waals surface area contributed by atoms with E-state index in [2.05, 4.69) is 19.2 Å². The zero-order valence-electron chi connectivity index (χ0n) is 8.66. The average molecular weight is 229 g/mol. The van der Waals surface area contributed by atoms with Crippen LogP contribution in [0.2, 0.25) is 0 Å². The third-order valence-corrected chi connectivity index (χ3v) is 2.46. The van der Waals surface area contributed by atoms with Crippen molar-refractivity contribution in [3.05, 3.63) is 0 Å². The van der Waals surface area contributed by atoms with Gasteiger partial charge in [-0.2, -0.15) is 13.2 Å². The Morgan fingerprint density at radius 1 is 1.14 bits per heavy atom. The third-order valence-electron chi connectivity index (χ3n) is 1.64. The molecular formula is C9H18F3NS. The van der Waals surface area contributed by atoms with Gasteiger partial charge in [0.05, 0.1) is 0 Å². The highest BCUT2D eigenvalue weighted by atomic mass is 32.2. The van der Waals surface area contributed by atoms with Crippen LogP contribution in [-0.4, -0.2) is 23.8 Å². The maximum absolute atomic E-state index is 11.7. The summed E-state index contributed by atoms with van der Waals surface area (Å²) in [4.78, 5) is 0. The number of hydrogen-bond acceptors (Lipinski definition) is 2. The fourth-order valence-corrected chi connectivity index (χ4v) is 1.56. The number of rotatable bonds is 7. The Hall–Kier alpha value is 0.100. The van der Waals surface area contributed by atoms with Gasteiger partial charge in [0.25, 0.3) is 0 Å². The van der Waals surface area contributed by atoms with Crippen LogP contribution in [-0.2, 0) is 0 Å². The molecule has 0 rings (SSSR count). The molecule has 0 aliphatic rings. The maximum Gasteiger partial charge on any atom is 0.441 e. The molecule has 0 saturated carbocycles. The summed E-state index contributed by atoms with van der Waals surface area (Å²) in [7, 11) is 0. The van der Waals surface area contributed by atoms with E-state index in [9.17, 15) is 13.2 Å². The van der Waals surface area contributed by atoms with Crippen molar-refractivity contribution < 1.29 is 13.2 Å². The number of halogens is 3. The predicted molar refractivity (Wildman–Crippen MR) is 55.5 cm³/mol.